The molecular weight excluding hydrogens is 518 g/mol. The molecule has 2 aromatic rings. The number of hydrogen-bond donors (Lipinski definition) is 2. The maximum Gasteiger partial charge on any atom is 0.269 e. The van der Waals surface area contributed by atoms with Crippen molar-refractivity contribution in [1.82, 2.24) is 20.4 Å². The Hall–Kier alpha value is -3.98. The summed E-state index contributed by atoms with van der Waals surface area (Å²) < 4.78 is 0. The van der Waals surface area contributed by atoms with Crippen LogP contribution in [0.25, 0.3) is 0 Å². The summed E-state index contributed by atoms with van der Waals surface area (Å²) in [6.07, 6.45) is 5.80. The average molecular weight is 560 g/mol. The molecule has 2 aromatic carbocycles. The largest absolute Gasteiger partial charge is 0.359 e. The second kappa shape index (κ2) is 13.6. The van der Waals surface area contributed by atoms with Gasteiger partial charge in [-0.2, -0.15) is 0 Å². The van der Waals surface area contributed by atoms with Crippen LogP contribution in [0.15, 0.2) is 77.4 Å². The predicted molar refractivity (Wildman–Crippen MR) is 160 cm³/mol. The lowest BCUT2D eigenvalue weighted by molar-refractivity contribution is -0.384. The number of non-ortho nitro benzene ring substituents is 1. The lowest BCUT2D eigenvalue weighted by atomic mass is 9.74. The number of likely N-dealkylation sites (tertiary alicyclic amines) is 1. The van der Waals surface area contributed by atoms with Gasteiger partial charge in [-0.15, -0.1) is 0 Å². The van der Waals surface area contributed by atoms with E-state index >= 15 is 0 Å². The van der Waals surface area contributed by atoms with Gasteiger partial charge >= 0.3 is 0 Å². The SMILES string of the molecule is CCC1=C(NC=O)C(c2ccc([N+](=O)[O-])cc2)C(N(C=O)CCCN2CCC(C)(c3ccccc3)CC2)=C(CC)N1. The molecule has 2 aliphatic heterocycles. The molecule has 218 valence electrons. The summed E-state index contributed by atoms with van der Waals surface area (Å²) in [7, 11) is 0. The lowest BCUT2D eigenvalue weighted by Gasteiger charge is -2.40. The van der Waals surface area contributed by atoms with Crippen LogP contribution in [0.2, 0.25) is 0 Å². The van der Waals surface area contributed by atoms with Gasteiger partial charge in [-0.25, -0.2) is 0 Å². The van der Waals surface area contributed by atoms with Crippen molar-refractivity contribution in [1.29, 1.82) is 0 Å². The molecule has 1 fully saturated rings. The molecule has 9 nitrogen and oxygen atoms in total. The highest BCUT2D eigenvalue weighted by atomic mass is 16.6. The molecule has 0 saturated carbocycles. The van der Waals surface area contributed by atoms with Gasteiger partial charge in [0.2, 0.25) is 12.8 Å². The Morgan fingerprint density at radius 1 is 1.05 bits per heavy atom. The van der Waals surface area contributed by atoms with Gasteiger partial charge in [0.25, 0.3) is 5.69 Å². The van der Waals surface area contributed by atoms with Crippen molar-refractivity contribution in [2.45, 2.75) is 64.2 Å². The second-order valence-electron chi connectivity index (χ2n) is 11.1. The third-order valence-corrected chi connectivity index (χ3v) is 8.60. The summed E-state index contributed by atoms with van der Waals surface area (Å²) in [5.41, 5.74) is 5.55. The molecule has 4 rings (SSSR count). The van der Waals surface area contributed by atoms with E-state index in [-0.39, 0.29) is 11.1 Å². The van der Waals surface area contributed by atoms with Crippen molar-refractivity contribution in [2.24, 2.45) is 0 Å². The molecule has 1 unspecified atom stereocenters. The molecule has 1 saturated heterocycles. The minimum atomic E-state index is -0.445. The van der Waals surface area contributed by atoms with Crippen LogP contribution in [0.4, 0.5) is 5.69 Å². The van der Waals surface area contributed by atoms with Crippen LogP contribution >= 0.6 is 0 Å². The summed E-state index contributed by atoms with van der Waals surface area (Å²) in [6.45, 7) is 9.81. The predicted octanol–water partition coefficient (Wildman–Crippen LogP) is 5.17. The topological polar surface area (TPSA) is 108 Å². The van der Waals surface area contributed by atoms with Gasteiger partial charge in [-0.1, -0.05) is 63.2 Å². The highest BCUT2D eigenvalue weighted by Gasteiger charge is 2.35. The van der Waals surface area contributed by atoms with Crippen LogP contribution in [0.5, 0.6) is 0 Å². The first kappa shape index (κ1) is 30.0. The number of nitrogens with one attached hydrogen (secondary N) is 2. The molecule has 2 N–H and O–H groups in total. The molecule has 2 amide bonds. The summed E-state index contributed by atoms with van der Waals surface area (Å²) >= 11 is 0. The first-order valence-electron chi connectivity index (χ1n) is 14.5. The van der Waals surface area contributed by atoms with Gasteiger partial charge in [0.1, 0.15) is 0 Å². The van der Waals surface area contributed by atoms with Gasteiger partial charge in [0.05, 0.1) is 22.2 Å². The number of nitro benzene ring substituents is 1. The maximum atomic E-state index is 12.6. The van der Waals surface area contributed by atoms with E-state index in [2.05, 4.69) is 52.8 Å². The van der Waals surface area contributed by atoms with E-state index < -0.39 is 10.8 Å². The van der Waals surface area contributed by atoms with E-state index in [1.165, 1.54) is 17.7 Å². The number of carbonyl (C=O) groups excluding carboxylic acids is 2. The van der Waals surface area contributed by atoms with Crippen LogP contribution in [0.1, 0.15) is 69.9 Å². The Kier molecular flexibility index (Phi) is 9.94. The number of nitro groups is 1. The minimum absolute atomic E-state index is 0.00865. The molecule has 41 heavy (non-hydrogen) atoms. The van der Waals surface area contributed by atoms with Gasteiger partial charge < -0.3 is 20.4 Å². The van der Waals surface area contributed by atoms with E-state index in [1.807, 2.05) is 13.8 Å². The number of dihydropyridines is 1. The van der Waals surface area contributed by atoms with Gasteiger partial charge in [0.15, 0.2) is 0 Å². The van der Waals surface area contributed by atoms with Crippen molar-refractivity contribution < 1.29 is 14.5 Å². The van der Waals surface area contributed by atoms with Crippen molar-refractivity contribution in [3.63, 3.8) is 0 Å². The zero-order valence-corrected chi connectivity index (χ0v) is 24.3. The maximum absolute atomic E-state index is 12.6. The Morgan fingerprint density at radius 2 is 1.71 bits per heavy atom. The number of piperidine rings is 1. The number of carbonyl (C=O) groups is 2. The first-order valence-corrected chi connectivity index (χ1v) is 14.5. The number of benzene rings is 2. The molecule has 0 bridgehead atoms. The summed E-state index contributed by atoms with van der Waals surface area (Å²) in [6, 6.07) is 17.1. The summed E-state index contributed by atoms with van der Waals surface area (Å²) in [5.74, 6) is -0.445. The molecule has 2 aliphatic rings. The van der Waals surface area contributed by atoms with Gasteiger partial charge in [-0.3, -0.25) is 19.7 Å². The zero-order chi connectivity index (χ0) is 29.4. The third kappa shape index (κ3) is 6.68. The van der Waals surface area contributed by atoms with Crippen LogP contribution in [0.3, 0.4) is 0 Å². The van der Waals surface area contributed by atoms with Crippen LogP contribution in [-0.4, -0.2) is 53.7 Å². The molecule has 9 heteroatoms. The van der Waals surface area contributed by atoms with Crippen molar-refractivity contribution in [2.75, 3.05) is 26.2 Å². The highest BCUT2D eigenvalue weighted by molar-refractivity contribution is 5.60. The normalized spacial score (nSPS) is 19.0. The van der Waals surface area contributed by atoms with E-state index in [0.717, 1.165) is 68.0 Å². The Labute approximate surface area is 242 Å². The minimum Gasteiger partial charge on any atom is -0.359 e. The molecule has 0 aliphatic carbocycles. The summed E-state index contributed by atoms with van der Waals surface area (Å²) in [5, 5.41) is 17.6. The standard InChI is InChI=1S/C32H41N5O4/c1-4-27-30(33-22-38)29(24-12-14-26(15-13-24)37(40)41)31(28(5-2)34-27)36(23-39)19-9-18-35-20-16-32(3,17-21-35)25-10-7-6-8-11-25/h6-8,10-15,22-23,29,34H,4-5,9,16-21H2,1-3H3,(H,33,38). The highest BCUT2D eigenvalue weighted by Crippen LogP contribution is 2.40. The van der Waals surface area contributed by atoms with Crippen molar-refractivity contribution >= 4 is 18.5 Å². The molecule has 1 atom stereocenters. The summed E-state index contributed by atoms with van der Waals surface area (Å²) in [4.78, 5) is 39.3. The zero-order valence-electron chi connectivity index (χ0n) is 24.3. The molecular formula is C32H41N5O4. The van der Waals surface area contributed by atoms with Gasteiger partial charge in [0, 0.05) is 30.1 Å². The van der Waals surface area contributed by atoms with Crippen molar-refractivity contribution in [3.05, 3.63) is 98.6 Å². The fraction of sp³-hybridized carbons (Fsp3) is 0.438. The van der Waals surface area contributed by atoms with Crippen LogP contribution in [-0.2, 0) is 15.0 Å². The van der Waals surface area contributed by atoms with Crippen LogP contribution in [0, 0.1) is 10.1 Å². The Balaban J connectivity index is 1.52. The van der Waals surface area contributed by atoms with Gasteiger partial charge in [-0.05, 0) is 68.3 Å². The first-order chi connectivity index (χ1) is 19.8. The number of rotatable bonds is 13. The Morgan fingerprint density at radius 3 is 2.27 bits per heavy atom. The van der Waals surface area contributed by atoms with E-state index in [9.17, 15) is 19.7 Å². The van der Waals surface area contributed by atoms with Crippen molar-refractivity contribution in [3.8, 4) is 0 Å². The van der Waals surface area contributed by atoms with Crippen LogP contribution < -0.4 is 10.6 Å². The number of allylic oxidation sites excluding steroid dienone is 2. The quantitative estimate of drug-likeness (QED) is 0.199. The monoisotopic (exact) mass is 559 g/mol. The molecule has 0 spiro atoms. The third-order valence-electron chi connectivity index (χ3n) is 8.60. The van der Waals surface area contributed by atoms with E-state index in [0.29, 0.717) is 31.5 Å². The number of hydrogen-bond acceptors (Lipinski definition) is 6. The van der Waals surface area contributed by atoms with E-state index in [1.54, 1.807) is 17.0 Å². The fourth-order valence-electron chi connectivity index (χ4n) is 6.13. The smallest absolute Gasteiger partial charge is 0.269 e. The number of amides is 2. The Bertz CT molecular complexity index is 1280. The molecule has 0 radical (unpaired) electrons. The lowest BCUT2D eigenvalue weighted by Crippen LogP contribution is -2.42. The second-order valence-corrected chi connectivity index (χ2v) is 11.1. The average Bonchev–Trinajstić information content (AvgIpc) is 3.00. The number of nitrogens with zero attached hydrogens (tertiary/aromatic N) is 3. The van der Waals surface area contributed by atoms with E-state index in [4.69, 9.17) is 0 Å². The molecule has 0 aromatic heterocycles. The molecule has 2 heterocycles. The fourth-order valence-corrected chi connectivity index (χ4v) is 6.13.